The highest BCUT2D eigenvalue weighted by atomic mass is 35.5. The number of amides is 1. The Balaban J connectivity index is 1.23. The van der Waals surface area contributed by atoms with Gasteiger partial charge in [-0.1, -0.05) is 29.7 Å². The number of benzene rings is 1. The lowest BCUT2D eigenvalue weighted by Crippen LogP contribution is -2.36. The van der Waals surface area contributed by atoms with Gasteiger partial charge in [0.25, 0.3) is 5.91 Å². The number of ether oxygens (including phenoxy) is 2. The van der Waals surface area contributed by atoms with Crippen molar-refractivity contribution in [2.45, 2.75) is 57.2 Å². The predicted octanol–water partition coefficient (Wildman–Crippen LogP) is 3.17. The molecule has 0 radical (unpaired) electrons. The molecule has 30 heavy (non-hydrogen) atoms. The SMILES string of the molecule is O=C(NC1CCCC1)c1cn([C@H]2CCCN(Cc3cc4c(cc3Cl)OCO4)C2)nn1. The number of fused-ring (bicyclic) bond motifs is 1. The molecule has 1 atom stereocenters. The molecule has 2 fully saturated rings. The molecule has 0 bridgehead atoms. The Morgan fingerprint density at radius 2 is 1.97 bits per heavy atom. The van der Waals surface area contributed by atoms with Gasteiger partial charge in [0.2, 0.25) is 6.79 Å². The van der Waals surface area contributed by atoms with E-state index in [4.69, 9.17) is 21.1 Å². The Labute approximate surface area is 180 Å². The molecule has 1 saturated carbocycles. The number of hydrogen-bond acceptors (Lipinski definition) is 6. The monoisotopic (exact) mass is 431 g/mol. The Morgan fingerprint density at radius 3 is 2.80 bits per heavy atom. The number of aromatic nitrogens is 3. The third kappa shape index (κ3) is 4.11. The first kappa shape index (κ1) is 19.6. The molecule has 1 N–H and O–H groups in total. The van der Waals surface area contributed by atoms with Gasteiger partial charge in [-0.15, -0.1) is 5.10 Å². The normalized spacial score (nSPS) is 21.8. The Morgan fingerprint density at radius 1 is 1.17 bits per heavy atom. The van der Waals surface area contributed by atoms with Crippen LogP contribution in [-0.4, -0.2) is 51.7 Å². The maximum atomic E-state index is 12.5. The van der Waals surface area contributed by atoms with Gasteiger partial charge in [0, 0.05) is 30.2 Å². The molecule has 1 aliphatic carbocycles. The van der Waals surface area contributed by atoms with E-state index >= 15 is 0 Å². The Hall–Kier alpha value is -2.32. The van der Waals surface area contributed by atoms with E-state index in [1.807, 2.05) is 16.8 Å². The van der Waals surface area contributed by atoms with Crippen LogP contribution in [0, 0.1) is 0 Å². The zero-order valence-electron chi connectivity index (χ0n) is 16.8. The number of hydrogen-bond donors (Lipinski definition) is 1. The summed E-state index contributed by atoms with van der Waals surface area (Å²) in [6, 6.07) is 4.26. The second-order valence-corrected chi connectivity index (χ2v) is 8.77. The minimum absolute atomic E-state index is 0.118. The molecule has 1 amide bonds. The van der Waals surface area contributed by atoms with Crippen molar-refractivity contribution in [3.8, 4) is 11.5 Å². The van der Waals surface area contributed by atoms with Crippen LogP contribution in [0.15, 0.2) is 18.3 Å². The first-order valence-corrected chi connectivity index (χ1v) is 11.1. The van der Waals surface area contributed by atoms with Crippen LogP contribution in [0.1, 0.15) is 60.6 Å². The number of nitrogens with zero attached hydrogens (tertiary/aromatic N) is 4. The number of likely N-dealkylation sites (tertiary alicyclic amines) is 1. The molecular formula is C21H26ClN5O3. The number of carbonyl (C=O) groups excluding carboxylic acids is 1. The highest BCUT2D eigenvalue weighted by molar-refractivity contribution is 6.31. The number of nitrogens with one attached hydrogen (secondary N) is 1. The van der Waals surface area contributed by atoms with Gasteiger partial charge in [0.05, 0.1) is 12.2 Å². The first-order chi connectivity index (χ1) is 14.7. The first-order valence-electron chi connectivity index (χ1n) is 10.7. The van der Waals surface area contributed by atoms with Crippen LogP contribution < -0.4 is 14.8 Å². The Bertz CT molecular complexity index is 927. The second-order valence-electron chi connectivity index (χ2n) is 8.37. The number of rotatable bonds is 5. The quantitative estimate of drug-likeness (QED) is 0.783. The molecule has 0 unspecified atom stereocenters. The average Bonchev–Trinajstić information content (AvgIpc) is 3.50. The van der Waals surface area contributed by atoms with Gasteiger partial charge in [-0.05, 0) is 43.9 Å². The average molecular weight is 432 g/mol. The third-order valence-corrected chi connectivity index (χ3v) is 6.58. The fraction of sp³-hybridized carbons (Fsp3) is 0.571. The van der Waals surface area contributed by atoms with Crippen LogP contribution in [0.2, 0.25) is 5.02 Å². The molecule has 160 valence electrons. The predicted molar refractivity (Wildman–Crippen MR) is 111 cm³/mol. The molecule has 3 aliphatic rings. The molecule has 5 rings (SSSR count). The van der Waals surface area contributed by atoms with Crippen LogP contribution >= 0.6 is 11.6 Å². The van der Waals surface area contributed by atoms with Crippen LogP contribution in [0.3, 0.4) is 0 Å². The molecule has 1 aromatic carbocycles. The van der Waals surface area contributed by atoms with Gasteiger partial charge in [0.1, 0.15) is 0 Å². The van der Waals surface area contributed by atoms with E-state index in [-0.39, 0.29) is 24.8 Å². The molecule has 9 heteroatoms. The maximum Gasteiger partial charge on any atom is 0.273 e. The lowest BCUT2D eigenvalue weighted by Gasteiger charge is -2.32. The highest BCUT2D eigenvalue weighted by Gasteiger charge is 2.26. The van der Waals surface area contributed by atoms with E-state index < -0.39 is 0 Å². The van der Waals surface area contributed by atoms with Gasteiger partial charge in [-0.2, -0.15) is 0 Å². The second kappa shape index (κ2) is 8.43. The summed E-state index contributed by atoms with van der Waals surface area (Å²) in [5.41, 5.74) is 1.43. The van der Waals surface area contributed by atoms with E-state index in [0.29, 0.717) is 16.5 Å². The lowest BCUT2D eigenvalue weighted by atomic mass is 10.0. The summed E-state index contributed by atoms with van der Waals surface area (Å²) < 4.78 is 12.7. The van der Waals surface area contributed by atoms with E-state index in [0.717, 1.165) is 56.6 Å². The molecular weight excluding hydrogens is 406 g/mol. The van der Waals surface area contributed by atoms with Crippen molar-refractivity contribution in [1.29, 1.82) is 0 Å². The zero-order valence-corrected chi connectivity index (χ0v) is 17.6. The molecule has 8 nitrogen and oxygen atoms in total. The van der Waals surface area contributed by atoms with Crippen LogP contribution in [0.4, 0.5) is 0 Å². The zero-order chi connectivity index (χ0) is 20.5. The smallest absolute Gasteiger partial charge is 0.273 e. The van der Waals surface area contributed by atoms with Gasteiger partial charge in [-0.25, -0.2) is 4.68 Å². The summed E-state index contributed by atoms with van der Waals surface area (Å²) in [4.78, 5) is 14.8. The van der Waals surface area contributed by atoms with Crippen LogP contribution in [0.25, 0.3) is 0 Å². The molecule has 2 aromatic rings. The summed E-state index contributed by atoms with van der Waals surface area (Å²) in [6.07, 6.45) is 8.33. The summed E-state index contributed by atoms with van der Waals surface area (Å²) in [7, 11) is 0. The largest absolute Gasteiger partial charge is 0.454 e. The van der Waals surface area contributed by atoms with E-state index in [9.17, 15) is 4.79 Å². The van der Waals surface area contributed by atoms with Crippen molar-refractivity contribution in [2.24, 2.45) is 0 Å². The van der Waals surface area contributed by atoms with Crippen molar-refractivity contribution < 1.29 is 14.3 Å². The molecule has 1 aromatic heterocycles. The minimum Gasteiger partial charge on any atom is -0.454 e. The van der Waals surface area contributed by atoms with E-state index in [2.05, 4.69) is 20.5 Å². The standard InChI is InChI=1S/C21H26ClN5O3/c22-17-9-20-19(29-13-30-20)8-14(17)10-26-7-3-6-16(11-26)27-12-18(24-25-27)21(28)23-15-4-1-2-5-15/h8-9,12,15-16H,1-7,10-11,13H2,(H,23,28)/t16-/m0/s1. The van der Waals surface area contributed by atoms with Crippen molar-refractivity contribution in [3.05, 3.63) is 34.6 Å². The van der Waals surface area contributed by atoms with Crippen LogP contribution in [-0.2, 0) is 6.54 Å². The van der Waals surface area contributed by atoms with Crippen molar-refractivity contribution >= 4 is 17.5 Å². The molecule has 0 spiro atoms. The fourth-order valence-electron chi connectivity index (χ4n) is 4.60. The number of carbonyl (C=O) groups is 1. The summed E-state index contributed by atoms with van der Waals surface area (Å²) in [6.45, 7) is 2.79. The molecule has 3 heterocycles. The third-order valence-electron chi connectivity index (χ3n) is 6.22. The highest BCUT2D eigenvalue weighted by Crippen LogP contribution is 2.37. The van der Waals surface area contributed by atoms with Gasteiger partial charge >= 0.3 is 0 Å². The fourth-order valence-corrected chi connectivity index (χ4v) is 4.81. The van der Waals surface area contributed by atoms with Gasteiger partial charge in [0.15, 0.2) is 17.2 Å². The number of piperidine rings is 1. The number of halogens is 1. The van der Waals surface area contributed by atoms with Gasteiger partial charge < -0.3 is 14.8 Å². The molecule has 2 aliphatic heterocycles. The Kier molecular flexibility index (Phi) is 5.52. The van der Waals surface area contributed by atoms with Crippen molar-refractivity contribution in [2.75, 3.05) is 19.9 Å². The van der Waals surface area contributed by atoms with Crippen molar-refractivity contribution in [3.63, 3.8) is 0 Å². The summed E-state index contributed by atoms with van der Waals surface area (Å²) in [5, 5.41) is 12.2. The summed E-state index contributed by atoms with van der Waals surface area (Å²) in [5.74, 6) is 1.33. The topological polar surface area (TPSA) is 81.5 Å². The summed E-state index contributed by atoms with van der Waals surface area (Å²) >= 11 is 6.45. The lowest BCUT2D eigenvalue weighted by molar-refractivity contribution is 0.0932. The van der Waals surface area contributed by atoms with E-state index in [1.54, 1.807) is 6.20 Å². The van der Waals surface area contributed by atoms with Crippen molar-refractivity contribution in [1.82, 2.24) is 25.2 Å². The minimum atomic E-state index is -0.118. The molecule has 1 saturated heterocycles. The maximum absolute atomic E-state index is 12.5. The van der Waals surface area contributed by atoms with E-state index in [1.165, 1.54) is 12.8 Å². The van der Waals surface area contributed by atoms with Gasteiger partial charge in [-0.3, -0.25) is 9.69 Å². The van der Waals surface area contributed by atoms with Crippen LogP contribution in [0.5, 0.6) is 11.5 Å².